The molecule has 0 spiro atoms. The molecule has 1 saturated heterocycles. The molecule has 2 aromatic rings. The smallest absolute Gasteiger partial charge is 0.272 e. The van der Waals surface area contributed by atoms with Crippen LogP contribution in [0.2, 0.25) is 0 Å². The van der Waals surface area contributed by atoms with Crippen LogP contribution in [0.3, 0.4) is 0 Å². The van der Waals surface area contributed by atoms with Crippen LogP contribution in [-0.2, 0) is 0 Å². The third-order valence-corrected chi connectivity index (χ3v) is 3.81. The van der Waals surface area contributed by atoms with Crippen LogP contribution in [-0.4, -0.2) is 51.9 Å². The maximum absolute atomic E-state index is 12.4. The van der Waals surface area contributed by atoms with Crippen LogP contribution in [0, 0.1) is 11.3 Å². The molecule has 0 atom stereocenters. The quantitative estimate of drug-likeness (QED) is 0.825. The maximum atomic E-state index is 12.4. The number of rotatable bonds is 2. The van der Waals surface area contributed by atoms with Crippen molar-refractivity contribution in [3.63, 3.8) is 0 Å². The monoisotopic (exact) mass is 308 g/mol. The summed E-state index contributed by atoms with van der Waals surface area (Å²) in [4.78, 5) is 28.4. The first-order valence-corrected chi connectivity index (χ1v) is 7.44. The summed E-state index contributed by atoms with van der Waals surface area (Å²) in [5.41, 5.74) is 1.80. The van der Waals surface area contributed by atoms with Crippen LogP contribution in [0.5, 0.6) is 0 Å². The molecule has 3 heterocycles. The number of carbonyl (C=O) groups is 1. The molecule has 1 fully saturated rings. The van der Waals surface area contributed by atoms with E-state index in [2.05, 4.69) is 19.9 Å². The zero-order valence-electron chi connectivity index (χ0n) is 12.6. The van der Waals surface area contributed by atoms with Crippen molar-refractivity contribution in [2.45, 2.75) is 6.42 Å². The Kier molecular flexibility index (Phi) is 4.43. The summed E-state index contributed by atoms with van der Waals surface area (Å²) in [5.74, 6) is -0.0628. The fourth-order valence-corrected chi connectivity index (χ4v) is 2.60. The van der Waals surface area contributed by atoms with Gasteiger partial charge in [0.15, 0.2) is 0 Å². The predicted octanol–water partition coefficient (Wildman–Crippen LogP) is 1.10. The van der Waals surface area contributed by atoms with E-state index >= 15 is 0 Å². The lowest BCUT2D eigenvalue weighted by Crippen LogP contribution is -2.35. The van der Waals surface area contributed by atoms with Gasteiger partial charge in [0, 0.05) is 32.4 Å². The fraction of sp³-hybridized carbons (Fsp3) is 0.312. The summed E-state index contributed by atoms with van der Waals surface area (Å²) in [5, 5.41) is 8.81. The van der Waals surface area contributed by atoms with Crippen molar-refractivity contribution in [1.82, 2.24) is 19.9 Å². The number of amides is 1. The summed E-state index contributed by atoms with van der Waals surface area (Å²) in [7, 11) is 0. The molecule has 0 N–H and O–H groups in total. The molecular formula is C16H16N6O. The molecule has 0 bridgehead atoms. The van der Waals surface area contributed by atoms with Crippen molar-refractivity contribution >= 4 is 11.6 Å². The Balaban J connectivity index is 1.67. The van der Waals surface area contributed by atoms with Crippen molar-refractivity contribution in [2.24, 2.45) is 0 Å². The molecule has 7 nitrogen and oxygen atoms in total. The van der Waals surface area contributed by atoms with Gasteiger partial charge in [-0.05, 0) is 24.6 Å². The minimum atomic E-state index is -0.0628. The highest BCUT2D eigenvalue weighted by atomic mass is 16.2. The summed E-state index contributed by atoms with van der Waals surface area (Å²) in [6.45, 7) is 2.90. The molecule has 0 unspecified atom stereocenters. The standard InChI is InChI=1S/C16H16N6O/c17-10-13-2-3-14(11-19-13)21-6-1-7-22(9-8-21)16(23)15-4-5-18-12-20-15/h2-5,11-12H,1,6-9H2. The molecular weight excluding hydrogens is 292 g/mol. The van der Waals surface area contributed by atoms with Gasteiger partial charge >= 0.3 is 0 Å². The van der Waals surface area contributed by atoms with E-state index in [1.165, 1.54) is 6.33 Å². The summed E-state index contributed by atoms with van der Waals surface area (Å²) >= 11 is 0. The van der Waals surface area contributed by atoms with E-state index in [1.54, 1.807) is 24.5 Å². The van der Waals surface area contributed by atoms with Gasteiger partial charge in [-0.25, -0.2) is 15.0 Å². The van der Waals surface area contributed by atoms with Crippen LogP contribution in [0.1, 0.15) is 22.6 Å². The van der Waals surface area contributed by atoms with Gasteiger partial charge in [-0.1, -0.05) is 0 Å². The highest BCUT2D eigenvalue weighted by Gasteiger charge is 2.21. The average Bonchev–Trinajstić information content (AvgIpc) is 2.88. The van der Waals surface area contributed by atoms with Crippen molar-refractivity contribution in [3.05, 3.63) is 48.3 Å². The van der Waals surface area contributed by atoms with E-state index in [-0.39, 0.29) is 5.91 Å². The lowest BCUT2D eigenvalue weighted by atomic mass is 10.3. The Morgan fingerprint density at radius 1 is 1.13 bits per heavy atom. The molecule has 1 aliphatic heterocycles. The summed E-state index contributed by atoms with van der Waals surface area (Å²) in [6.07, 6.45) is 5.55. The molecule has 7 heteroatoms. The fourth-order valence-electron chi connectivity index (χ4n) is 2.60. The highest BCUT2D eigenvalue weighted by molar-refractivity contribution is 5.92. The topological polar surface area (TPSA) is 86.0 Å². The van der Waals surface area contributed by atoms with E-state index in [4.69, 9.17) is 5.26 Å². The van der Waals surface area contributed by atoms with Crippen LogP contribution in [0.15, 0.2) is 36.9 Å². The van der Waals surface area contributed by atoms with E-state index < -0.39 is 0 Å². The SMILES string of the molecule is N#Cc1ccc(N2CCCN(C(=O)c3ccncn3)CC2)cn1. The summed E-state index contributed by atoms with van der Waals surface area (Å²) < 4.78 is 0. The molecule has 1 aliphatic rings. The highest BCUT2D eigenvalue weighted by Crippen LogP contribution is 2.16. The largest absolute Gasteiger partial charge is 0.368 e. The molecule has 0 aromatic carbocycles. The first-order chi connectivity index (χ1) is 11.3. The zero-order valence-corrected chi connectivity index (χ0v) is 12.6. The van der Waals surface area contributed by atoms with Crippen LogP contribution in [0.25, 0.3) is 0 Å². The minimum Gasteiger partial charge on any atom is -0.368 e. The van der Waals surface area contributed by atoms with Crippen LogP contribution in [0.4, 0.5) is 5.69 Å². The average molecular weight is 308 g/mol. The Bertz CT molecular complexity index is 710. The number of aromatic nitrogens is 3. The van der Waals surface area contributed by atoms with Crippen molar-refractivity contribution in [1.29, 1.82) is 5.26 Å². The number of pyridine rings is 1. The number of hydrogen-bond acceptors (Lipinski definition) is 6. The molecule has 3 rings (SSSR count). The van der Waals surface area contributed by atoms with Gasteiger partial charge in [-0.3, -0.25) is 4.79 Å². The van der Waals surface area contributed by atoms with Crippen molar-refractivity contribution < 1.29 is 4.79 Å². The number of hydrogen-bond donors (Lipinski definition) is 0. The van der Waals surface area contributed by atoms with Crippen molar-refractivity contribution in [3.8, 4) is 6.07 Å². The first-order valence-electron chi connectivity index (χ1n) is 7.44. The van der Waals surface area contributed by atoms with Gasteiger partial charge < -0.3 is 9.80 Å². The van der Waals surface area contributed by atoms with Gasteiger partial charge in [-0.15, -0.1) is 0 Å². The first kappa shape index (κ1) is 14.9. The van der Waals surface area contributed by atoms with Crippen molar-refractivity contribution in [2.75, 3.05) is 31.1 Å². The van der Waals surface area contributed by atoms with Gasteiger partial charge in [-0.2, -0.15) is 5.26 Å². The van der Waals surface area contributed by atoms with Crippen LogP contribution < -0.4 is 4.90 Å². The lowest BCUT2D eigenvalue weighted by molar-refractivity contribution is 0.0761. The zero-order chi connectivity index (χ0) is 16.1. The Morgan fingerprint density at radius 3 is 2.74 bits per heavy atom. The van der Waals surface area contributed by atoms with E-state index in [0.29, 0.717) is 24.5 Å². The normalized spacial score (nSPS) is 14.9. The van der Waals surface area contributed by atoms with E-state index in [1.807, 2.05) is 17.0 Å². The third kappa shape index (κ3) is 3.43. The van der Waals surface area contributed by atoms with Crippen LogP contribution >= 0.6 is 0 Å². The Hall–Kier alpha value is -3.01. The minimum absolute atomic E-state index is 0.0628. The molecule has 1 amide bonds. The lowest BCUT2D eigenvalue weighted by Gasteiger charge is -2.23. The third-order valence-electron chi connectivity index (χ3n) is 3.81. The second-order valence-corrected chi connectivity index (χ2v) is 5.24. The number of nitrogens with zero attached hydrogens (tertiary/aromatic N) is 6. The predicted molar refractivity (Wildman–Crippen MR) is 83.7 cm³/mol. The van der Waals surface area contributed by atoms with E-state index in [0.717, 1.165) is 25.2 Å². The second-order valence-electron chi connectivity index (χ2n) is 5.24. The molecule has 0 radical (unpaired) electrons. The van der Waals surface area contributed by atoms with Gasteiger partial charge in [0.2, 0.25) is 0 Å². The molecule has 0 aliphatic carbocycles. The Morgan fingerprint density at radius 2 is 2.04 bits per heavy atom. The van der Waals surface area contributed by atoms with Gasteiger partial charge in [0.05, 0.1) is 11.9 Å². The maximum Gasteiger partial charge on any atom is 0.272 e. The van der Waals surface area contributed by atoms with Gasteiger partial charge in [0.25, 0.3) is 5.91 Å². The number of nitriles is 1. The Labute approximate surface area is 134 Å². The molecule has 2 aromatic heterocycles. The summed E-state index contributed by atoms with van der Waals surface area (Å²) in [6, 6.07) is 7.26. The second kappa shape index (κ2) is 6.83. The molecule has 0 saturated carbocycles. The number of anilines is 1. The molecule has 23 heavy (non-hydrogen) atoms. The molecule has 116 valence electrons. The van der Waals surface area contributed by atoms with E-state index in [9.17, 15) is 4.79 Å². The van der Waals surface area contributed by atoms with Gasteiger partial charge in [0.1, 0.15) is 23.8 Å². The number of carbonyl (C=O) groups excluding carboxylic acids is 1.